The van der Waals surface area contributed by atoms with Crippen molar-refractivity contribution in [3.63, 3.8) is 0 Å². The highest BCUT2D eigenvalue weighted by Gasteiger charge is 2.24. The zero-order valence-electron chi connectivity index (χ0n) is 14.6. The maximum absolute atomic E-state index is 12.2. The number of furan rings is 1. The minimum Gasteiger partial charge on any atom is -0.456 e. The Morgan fingerprint density at radius 2 is 2.29 bits per heavy atom. The fourth-order valence-electron chi connectivity index (χ4n) is 2.38. The zero-order chi connectivity index (χ0) is 17.5. The number of likely N-dealkylation sites (N-methyl/N-ethyl adjacent to an activating group) is 1. The van der Waals surface area contributed by atoms with Gasteiger partial charge < -0.3 is 19.4 Å². The molecule has 0 radical (unpaired) electrons. The van der Waals surface area contributed by atoms with Crippen LogP contribution in [0.4, 0.5) is 0 Å². The third-order valence-corrected chi connectivity index (χ3v) is 5.07. The van der Waals surface area contributed by atoms with E-state index in [1.165, 1.54) is 12.8 Å². The second-order valence-corrected chi connectivity index (χ2v) is 7.12. The molecule has 2 amide bonds. The number of hydrogen-bond acceptors (Lipinski definition) is 5. The molecule has 0 bridgehead atoms. The Labute approximate surface area is 147 Å². The Morgan fingerprint density at radius 3 is 3.00 bits per heavy atom. The van der Waals surface area contributed by atoms with Gasteiger partial charge in [-0.15, -0.1) is 0 Å². The van der Waals surface area contributed by atoms with Crippen molar-refractivity contribution in [1.82, 2.24) is 10.2 Å². The number of nitrogens with zero attached hydrogens (tertiary/aromatic N) is 1. The fraction of sp³-hybridized carbons (Fsp3) is 0.647. The van der Waals surface area contributed by atoms with Gasteiger partial charge in [0, 0.05) is 31.5 Å². The molecule has 0 aliphatic carbocycles. The van der Waals surface area contributed by atoms with Crippen LogP contribution >= 0.6 is 11.8 Å². The van der Waals surface area contributed by atoms with E-state index in [9.17, 15) is 9.59 Å². The van der Waals surface area contributed by atoms with Crippen LogP contribution < -0.4 is 5.32 Å². The van der Waals surface area contributed by atoms with Gasteiger partial charge >= 0.3 is 0 Å². The van der Waals surface area contributed by atoms with Crippen LogP contribution in [-0.2, 0) is 15.3 Å². The molecule has 6 nitrogen and oxygen atoms in total. The molecule has 1 saturated heterocycles. The lowest BCUT2D eigenvalue weighted by molar-refractivity contribution is -0.146. The number of rotatable bonds is 8. The largest absolute Gasteiger partial charge is 0.456 e. The standard InChI is InChI=1S/C17H26N2O4S/c1-4-5-6-24-11-13-7-15(23-12(13)2)17(21)18-8-14-9-19(3)16(20)10-22-14/h7,14H,4-6,8-11H2,1-3H3,(H,18,21)/t14-/m0/s1. The van der Waals surface area contributed by atoms with Gasteiger partial charge in [-0.1, -0.05) is 13.3 Å². The maximum atomic E-state index is 12.2. The average molecular weight is 354 g/mol. The Hall–Kier alpha value is -1.47. The normalized spacial score (nSPS) is 18.0. The van der Waals surface area contributed by atoms with Crippen LogP contribution in [0.2, 0.25) is 0 Å². The van der Waals surface area contributed by atoms with Gasteiger partial charge in [0.05, 0.1) is 6.10 Å². The molecule has 0 unspecified atom stereocenters. The van der Waals surface area contributed by atoms with E-state index in [1.54, 1.807) is 11.9 Å². The number of morpholine rings is 1. The summed E-state index contributed by atoms with van der Waals surface area (Å²) in [6, 6.07) is 1.82. The van der Waals surface area contributed by atoms with Gasteiger partial charge in [0.2, 0.25) is 5.91 Å². The molecule has 134 valence electrons. The first-order valence-corrected chi connectivity index (χ1v) is 9.47. The van der Waals surface area contributed by atoms with Crippen molar-refractivity contribution >= 4 is 23.6 Å². The highest BCUT2D eigenvalue weighted by atomic mass is 32.2. The monoisotopic (exact) mass is 354 g/mol. The highest BCUT2D eigenvalue weighted by Crippen LogP contribution is 2.21. The van der Waals surface area contributed by atoms with E-state index in [0.717, 1.165) is 22.8 Å². The van der Waals surface area contributed by atoms with Crippen molar-refractivity contribution < 1.29 is 18.7 Å². The van der Waals surface area contributed by atoms with Gasteiger partial charge in [0.15, 0.2) is 5.76 Å². The molecule has 1 fully saturated rings. The van der Waals surface area contributed by atoms with Gasteiger partial charge in [-0.05, 0) is 25.2 Å². The summed E-state index contributed by atoms with van der Waals surface area (Å²) in [5.74, 6) is 2.83. The zero-order valence-corrected chi connectivity index (χ0v) is 15.4. The summed E-state index contributed by atoms with van der Waals surface area (Å²) in [6.45, 7) is 4.97. The number of aryl methyl sites for hydroxylation is 1. The molecule has 7 heteroatoms. The summed E-state index contributed by atoms with van der Waals surface area (Å²) in [5.41, 5.74) is 1.07. The molecule has 1 N–H and O–H groups in total. The fourth-order valence-corrected chi connectivity index (χ4v) is 3.52. The molecule has 0 saturated carbocycles. The summed E-state index contributed by atoms with van der Waals surface area (Å²) in [5, 5.41) is 2.82. The predicted octanol–water partition coefficient (Wildman–Crippen LogP) is 2.21. The smallest absolute Gasteiger partial charge is 0.287 e. The van der Waals surface area contributed by atoms with Gasteiger partial charge in [0.25, 0.3) is 5.91 Å². The molecule has 1 atom stereocenters. The number of hydrogen-bond donors (Lipinski definition) is 1. The van der Waals surface area contributed by atoms with Crippen molar-refractivity contribution in [3.05, 3.63) is 23.2 Å². The number of unbranched alkanes of at least 4 members (excludes halogenated alkanes) is 1. The van der Waals surface area contributed by atoms with E-state index >= 15 is 0 Å². The molecule has 2 heterocycles. The molecule has 1 aromatic heterocycles. The van der Waals surface area contributed by atoms with Crippen LogP contribution in [0.5, 0.6) is 0 Å². The summed E-state index contributed by atoms with van der Waals surface area (Å²) < 4.78 is 11.0. The Kier molecular flexibility index (Phi) is 7.17. The van der Waals surface area contributed by atoms with E-state index < -0.39 is 0 Å². The number of nitrogens with one attached hydrogen (secondary N) is 1. The number of carbonyl (C=O) groups is 2. The molecule has 1 aliphatic rings. The molecular formula is C17H26N2O4S. The number of ether oxygens (including phenoxy) is 1. The third-order valence-electron chi connectivity index (χ3n) is 3.98. The first-order valence-electron chi connectivity index (χ1n) is 8.32. The van der Waals surface area contributed by atoms with Crippen LogP contribution in [-0.4, -0.2) is 55.3 Å². The van der Waals surface area contributed by atoms with E-state index in [4.69, 9.17) is 9.15 Å². The Balaban J connectivity index is 1.81. The highest BCUT2D eigenvalue weighted by molar-refractivity contribution is 7.98. The van der Waals surface area contributed by atoms with Crippen molar-refractivity contribution in [2.45, 2.75) is 38.5 Å². The lowest BCUT2D eigenvalue weighted by Gasteiger charge is -2.29. The summed E-state index contributed by atoms with van der Waals surface area (Å²) in [7, 11) is 1.73. The average Bonchev–Trinajstić information content (AvgIpc) is 2.93. The van der Waals surface area contributed by atoms with Crippen molar-refractivity contribution in [2.24, 2.45) is 0 Å². The predicted molar refractivity (Wildman–Crippen MR) is 94.2 cm³/mol. The van der Waals surface area contributed by atoms with Crippen LogP contribution in [0.25, 0.3) is 0 Å². The van der Waals surface area contributed by atoms with E-state index in [-0.39, 0.29) is 24.5 Å². The van der Waals surface area contributed by atoms with Gasteiger partial charge in [-0.3, -0.25) is 9.59 Å². The first kappa shape index (κ1) is 18.9. The minimum absolute atomic E-state index is 0.0375. The molecular weight excluding hydrogens is 328 g/mol. The lowest BCUT2D eigenvalue weighted by Crippen LogP contribution is -2.48. The van der Waals surface area contributed by atoms with Crippen molar-refractivity contribution in [1.29, 1.82) is 0 Å². The van der Waals surface area contributed by atoms with Gasteiger partial charge in [-0.25, -0.2) is 0 Å². The van der Waals surface area contributed by atoms with Crippen molar-refractivity contribution in [3.8, 4) is 0 Å². The second-order valence-electron chi connectivity index (χ2n) is 6.02. The third kappa shape index (κ3) is 5.27. The maximum Gasteiger partial charge on any atom is 0.287 e. The van der Waals surface area contributed by atoms with Gasteiger partial charge in [-0.2, -0.15) is 11.8 Å². The minimum atomic E-state index is -0.244. The molecule has 1 aromatic rings. The number of carbonyl (C=O) groups excluding carboxylic acids is 2. The van der Waals surface area contributed by atoms with Crippen LogP contribution in [0.15, 0.2) is 10.5 Å². The number of amides is 2. The number of thioether (sulfide) groups is 1. The SMILES string of the molecule is CCCCSCc1cc(C(=O)NC[C@H]2CN(C)C(=O)CO2)oc1C. The summed E-state index contributed by atoms with van der Waals surface area (Å²) in [4.78, 5) is 25.2. The molecule has 0 aromatic carbocycles. The van der Waals surface area contributed by atoms with Crippen LogP contribution in [0.3, 0.4) is 0 Å². The van der Waals surface area contributed by atoms with E-state index in [2.05, 4.69) is 12.2 Å². The lowest BCUT2D eigenvalue weighted by atomic mass is 10.2. The molecule has 0 spiro atoms. The summed E-state index contributed by atoms with van der Waals surface area (Å²) >= 11 is 1.86. The second kappa shape index (κ2) is 9.13. The van der Waals surface area contributed by atoms with Crippen LogP contribution in [0.1, 0.15) is 41.6 Å². The van der Waals surface area contributed by atoms with E-state index in [1.807, 2.05) is 24.8 Å². The van der Waals surface area contributed by atoms with Crippen molar-refractivity contribution in [2.75, 3.05) is 32.5 Å². The van der Waals surface area contributed by atoms with Crippen LogP contribution in [0, 0.1) is 6.92 Å². The summed E-state index contributed by atoms with van der Waals surface area (Å²) in [6.07, 6.45) is 2.21. The molecule has 2 rings (SSSR count). The first-order chi connectivity index (χ1) is 11.5. The Morgan fingerprint density at radius 1 is 1.50 bits per heavy atom. The molecule has 24 heavy (non-hydrogen) atoms. The Bertz CT molecular complexity index is 573. The quantitative estimate of drug-likeness (QED) is 0.725. The molecule has 1 aliphatic heterocycles. The topological polar surface area (TPSA) is 71.8 Å². The van der Waals surface area contributed by atoms with Gasteiger partial charge in [0.1, 0.15) is 12.4 Å². The van der Waals surface area contributed by atoms with E-state index in [0.29, 0.717) is 18.8 Å².